The van der Waals surface area contributed by atoms with E-state index in [-0.39, 0.29) is 11.7 Å². The Bertz CT molecular complexity index is 920. The number of carbonyl (C=O) groups is 1. The first-order valence-corrected chi connectivity index (χ1v) is 9.06. The molecule has 0 spiro atoms. The van der Waals surface area contributed by atoms with Gasteiger partial charge in [-0.15, -0.1) is 11.3 Å². The molecule has 0 radical (unpaired) electrons. The van der Waals surface area contributed by atoms with E-state index in [4.69, 9.17) is 4.74 Å². The molecule has 0 aliphatic carbocycles. The van der Waals surface area contributed by atoms with Crippen molar-refractivity contribution >= 4 is 22.4 Å². The van der Waals surface area contributed by atoms with Crippen LogP contribution in [-0.4, -0.2) is 18.0 Å². The highest BCUT2D eigenvalue weighted by molar-refractivity contribution is 7.14. The number of hydrogen-bond donors (Lipinski definition) is 1. The van der Waals surface area contributed by atoms with Gasteiger partial charge in [0.2, 0.25) is 0 Å². The number of anilines is 1. The number of rotatable bonds is 5. The number of aromatic nitrogens is 1. The Morgan fingerprint density at radius 2 is 1.92 bits per heavy atom. The molecule has 26 heavy (non-hydrogen) atoms. The zero-order valence-corrected chi connectivity index (χ0v) is 15.6. The highest BCUT2D eigenvalue weighted by Crippen LogP contribution is 2.28. The van der Waals surface area contributed by atoms with Crippen molar-refractivity contribution in [3.63, 3.8) is 0 Å². The number of thiazole rings is 1. The van der Waals surface area contributed by atoms with Gasteiger partial charge in [0.15, 0.2) is 16.7 Å². The van der Waals surface area contributed by atoms with Gasteiger partial charge in [0.25, 0.3) is 5.91 Å². The van der Waals surface area contributed by atoms with Gasteiger partial charge in [-0.2, -0.15) is 0 Å². The van der Waals surface area contributed by atoms with Gasteiger partial charge in [-0.1, -0.05) is 26.0 Å². The molecule has 0 bridgehead atoms. The number of benzene rings is 2. The fourth-order valence-electron chi connectivity index (χ4n) is 2.48. The maximum absolute atomic E-state index is 13.8. The SMILES string of the molecule is COc1ccc(-c2csc(NC(=O)c3ccc(C(C)C)cc3)n2)cc1F. The monoisotopic (exact) mass is 370 g/mol. The molecule has 0 atom stereocenters. The standard InChI is InChI=1S/C20H19FN2O2S/c1-12(2)13-4-6-14(7-5-13)19(24)23-20-22-17(11-26-20)15-8-9-18(25-3)16(21)10-15/h4-12H,1-3H3,(H,22,23,24). The Hall–Kier alpha value is -2.73. The van der Waals surface area contributed by atoms with E-state index in [0.717, 1.165) is 0 Å². The molecule has 1 N–H and O–H groups in total. The van der Waals surface area contributed by atoms with E-state index in [1.54, 1.807) is 29.6 Å². The molecular formula is C20H19FN2O2S. The summed E-state index contributed by atoms with van der Waals surface area (Å²) in [5.41, 5.74) is 2.98. The molecule has 134 valence electrons. The van der Waals surface area contributed by atoms with E-state index in [9.17, 15) is 9.18 Å². The number of hydrogen-bond acceptors (Lipinski definition) is 4. The normalized spacial score (nSPS) is 10.8. The van der Waals surface area contributed by atoms with Crippen LogP contribution in [0.3, 0.4) is 0 Å². The lowest BCUT2D eigenvalue weighted by atomic mass is 10.0. The van der Waals surface area contributed by atoms with Gasteiger partial charge in [-0.3, -0.25) is 10.1 Å². The van der Waals surface area contributed by atoms with Crippen LogP contribution in [0, 0.1) is 5.82 Å². The van der Waals surface area contributed by atoms with Crippen LogP contribution in [0.2, 0.25) is 0 Å². The van der Waals surface area contributed by atoms with Gasteiger partial charge in [0, 0.05) is 16.5 Å². The Morgan fingerprint density at radius 3 is 2.54 bits per heavy atom. The van der Waals surface area contributed by atoms with Gasteiger partial charge in [0.1, 0.15) is 0 Å². The molecule has 1 heterocycles. The number of nitrogens with zero attached hydrogens (tertiary/aromatic N) is 1. The third-order valence-corrected chi connectivity index (χ3v) is 4.77. The Balaban J connectivity index is 1.73. The number of nitrogens with one attached hydrogen (secondary N) is 1. The second kappa shape index (κ2) is 7.66. The van der Waals surface area contributed by atoms with Gasteiger partial charge in [-0.05, 0) is 41.8 Å². The molecule has 1 aromatic heterocycles. The van der Waals surface area contributed by atoms with Crippen molar-refractivity contribution in [1.29, 1.82) is 0 Å². The fraction of sp³-hybridized carbons (Fsp3) is 0.200. The molecule has 3 aromatic rings. The predicted molar refractivity (Wildman–Crippen MR) is 103 cm³/mol. The van der Waals surface area contributed by atoms with Crippen molar-refractivity contribution in [1.82, 2.24) is 4.98 Å². The Kier molecular flexibility index (Phi) is 5.32. The second-order valence-electron chi connectivity index (χ2n) is 6.12. The molecule has 0 saturated carbocycles. The maximum Gasteiger partial charge on any atom is 0.257 e. The van der Waals surface area contributed by atoms with Crippen LogP contribution in [-0.2, 0) is 0 Å². The van der Waals surface area contributed by atoms with E-state index in [0.29, 0.717) is 27.9 Å². The summed E-state index contributed by atoms with van der Waals surface area (Å²) < 4.78 is 18.8. The molecule has 2 aromatic carbocycles. The van der Waals surface area contributed by atoms with Crippen molar-refractivity contribution in [2.75, 3.05) is 12.4 Å². The third kappa shape index (κ3) is 3.91. The first-order chi connectivity index (χ1) is 12.5. The highest BCUT2D eigenvalue weighted by atomic mass is 32.1. The highest BCUT2D eigenvalue weighted by Gasteiger charge is 2.12. The Morgan fingerprint density at radius 1 is 1.19 bits per heavy atom. The molecule has 0 unspecified atom stereocenters. The predicted octanol–water partition coefficient (Wildman–Crippen LogP) is 5.33. The molecule has 6 heteroatoms. The molecular weight excluding hydrogens is 351 g/mol. The summed E-state index contributed by atoms with van der Waals surface area (Å²) in [6.07, 6.45) is 0. The van der Waals surface area contributed by atoms with E-state index >= 15 is 0 Å². The zero-order chi connectivity index (χ0) is 18.7. The van der Waals surface area contributed by atoms with Crippen LogP contribution >= 0.6 is 11.3 Å². The number of carbonyl (C=O) groups excluding carboxylic acids is 1. The number of methoxy groups -OCH3 is 1. The first-order valence-electron chi connectivity index (χ1n) is 8.18. The van der Waals surface area contributed by atoms with Crippen LogP contribution < -0.4 is 10.1 Å². The van der Waals surface area contributed by atoms with E-state index in [2.05, 4.69) is 24.1 Å². The molecule has 0 aliphatic rings. The first kappa shape index (κ1) is 18.1. The number of amides is 1. The summed E-state index contributed by atoms with van der Waals surface area (Å²) in [5, 5.41) is 5.03. The van der Waals surface area contributed by atoms with Crippen LogP contribution in [0.1, 0.15) is 35.7 Å². The molecule has 0 saturated heterocycles. The molecule has 0 fully saturated rings. The van der Waals surface area contributed by atoms with Gasteiger partial charge < -0.3 is 4.74 Å². The summed E-state index contributed by atoms with van der Waals surface area (Å²) >= 11 is 1.29. The average Bonchev–Trinajstić information content (AvgIpc) is 3.10. The fourth-order valence-corrected chi connectivity index (χ4v) is 3.19. The van der Waals surface area contributed by atoms with E-state index in [1.165, 1.54) is 30.1 Å². The molecule has 0 aliphatic heterocycles. The summed E-state index contributed by atoms with van der Waals surface area (Å²) in [6, 6.07) is 12.2. The molecule has 3 rings (SSSR count). The largest absolute Gasteiger partial charge is 0.494 e. The second-order valence-corrected chi connectivity index (χ2v) is 6.98. The smallest absolute Gasteiger partial charge is 0.257 e. The van der Waals surface area contributed by atoms with E-state index in [1.807, 2.05) is 12.1 Å². The van der Waals surface area contributed by atoms with E-state index < -0.39 is 5.82 Å². The lowest BCUT2D eigenvalue weighted by Gasteiger charge is -2.06. The van der Waals surface area contributed by atoms with Crippen LogP contribution in [0.15, 0.2) is 47.8 Å². The number of ether oxygens (including phenoxy) is 1. The third-order valence-electron chi connectivity index (χ3n) is 4.01. The van der Waals surface area contributed by atoms with Crippen LogP contribution in [0.5, 0.6) is 5.75 Å². The lowest BCUT2D eigenvalue weighted by Crippen LogP contribution is -2.11. The zero-order valence-electron chi connectivity index (χ0n) is 14.7. The van der Waals surface area contributed by atoms with Crippen molar-refractivity contribution in [3.8, 4) is 17.0 Å². The Labute approximate surface area is 155 Å². The van der Waals surface area contributed by atoms with Crippen LogP contribution in [0.25, 0.3) is 11.3 Å². The topological polar surface area (TPSA) is 51.2 Å². The van der Waals surface area contributed by atoms with Crippen molar-refractivity contribution in [3.05, 3.63) is 64.8 Å². The maximum atomic E-state index is 13.8. The summed E-state index contributed by atoms with van der Waals surface area (Å²) in [6.45, 7) is 4.21. The quantitative estimate of drug-likeness (QED) is 0.660. The van der Waals surface area contributed by atoms with Crippen LogP contribution in [0.4, 0.5) is 9.52 Å². The molecule has 4 nitrogen and oxygen atoms in total. The lowest BCUT2D eigenvalue weighted by molar-refractivity contribution is 0.102. The summed E-state index contributed by atoms with van der Waals surface area (Å²) in [5.74, 6) is -0.0724. The number of halogens is 1. The summed E-state index contributed by atoms with van der Waals surface area (Å²) in [7, 11) is 1.42. The minimum absolute atomic E-state index is 0.183. The van der Waals surface area contributed by atoms with Crippen molar-refractivity contribution in [2.24, 2.45) is 0 Å². The van der Waals surface area contributed by atoms with Gasteiger partial charge >= 0.3 is 0 Å². The van der Waals surface area contributed by atoms with Crippen molar-refractivity contribution in [2.45, 2.75) is 19.8 Å². The average molecular weight is 370 g/mol. The van der Waals surface area contributed by atoms with Gasteiger partial charge in [-0.25, -0.2) is 9.37 Å². The minimum Gasteiger partial charge on any atom is -0.494 e. The van der Waals surface area contributed by atoms with Crippen molar-refractivity contribution < 1.29 is 13.9 Å². The van der Waals surface area contributed by atoms with Gasteiger partial charge in [0.05, 0.1) is 12.8 Å². The summed E-state index contributed by atoms with van der Waals surface area (Å²) in [4.78, 5) is 16.7. The molecule has 1 amide bonds. The minimum atomic E-state index is -0.450.